The number of carboxylic acids is 1. The normalized spacial score (nSPS) is 13.2. The van der Waals surface area contributed by atoms with E-state index in [4.69, 9.17) is 11.6 Å². The van der Waals surface area contributed by atoms with E-state index in [9.17, 15) is 19.5 Å². The van der Waals surface area contributed by atoms with E-state index in [1.165, 1.54) is 18.7 Å². The second-order valence-electron chi connectivity index (χ2n) is 6.20. The number of amides is 2. The molecule has 0 saturated heterocycles. The average molecular weight is 384 g/mol. The predicted molar refractivity (Wildman–Crippen MR) is 100.0 cm³/mol. The molecule has 1 rings (SSSR count). The van der Waals surface area contributed by atoms with E-state index in [1.807, 2.05) is 19.1 Å². The van der Waals surface area contributed by atoms with Gasteiger partial charge < -0.3 is 15.3 Å². The molecular formula is C18H26ClN3O4. The maximum Gasteiger partial charge on any atom is 0.320 e. The van der Waals surface area contributed by atoms with E-state index in [2.05, 4.69) is 5.32 Å². The summed E-state index contributed by atoms with van der Waals surface area (Å²) < 4.78 is 0. The Morgan fingerprint density at radius 3 is 2.27 bits per heavy atom. The van der Waals surface area contributed by atoms with Crippen molar-refractivity contribution in [2.24, 2.45) is 0 Å². The predicted octanol–water partition coefficient (Wildman–Crippen LogP) is 1.77. The van der Waals surface area contributed by atoms with Crippen molar-refractivity contribution in [3.63, 3.8) is 0 Å². The summed E-state index contributed by atoms with van der Waals surface area (Å²) in [5.74, 6) is -1.43. The molecule has 0 spiro atoms. The third-order valence-corrected chi connectivity index (χ3v) is 4.60. The first kappa shape index (κ1) is 21.9. The van der Waals surface area contributed by atoms with Crippen LogP contribution < -0.4 is 5.32 Å². The number of nitrogens with zero attached hydrogens (tertiary/aromatic N) is 2. The maximum atomic E-state index is 12.6. The van der Waals surface area contributed by atoms with Crippen LogP contribution in [0.3, 0.4) is 0 Å². The number of halogens is 1. The molecule has 2 unspecified atom stereocenters. The minimum atomic E-state index is -1.02. The molecule has 2 atom stereocenters. The van der Waals surface area contributed by atoms with Crippen molar-refractivity contribution in [3.05, 3.63) is 34.9 Å². The fraction of sp³-hybridized carbons (Fsp3) is 0.500. The lowest BCUT2D eigenvalue weighted by atomic mass is 10.1. The van der Waals surface area contributed by atoms with Crippen molar-refractivity contribution in [2.45, 2.75) is 32.9 Å². The van der Waals surface area contributed by atoms with Gasteiger partial charge in [-0.05, 0) is 31.5 Å². The number of aliphatic carboxylic acids is 1. The molecule has 0 aromatic heterocycles. The van der Waals surface area contributed by atoms with Crippen LogP contribution in [0.25, 0.3) is 0 Å². The molecule has 0 aliphatic carbocycles. The first-order chi connectivity index (χ1) is 12.1. The quantitative estimate of drug-likeness (QED) is 0.678. The second-order valence-corrected chi connectivity index (χ2v) is 6.64. The molecule has 1 aromatic rings. The van der Waals surface area contributed by atoms with E-state index >= 15 is 0 Å². The molecule has 0 fully saturated rings. The molecule has 7 nitrogen and oxygen atoms in total. The zero-order valence-electron chi connectivity index (χ0n) is 15.5. The van der Waals surface area contributed by atoms with Gasteiger partial charge in [0.1, 0.15) is 6.04 Å². The van der Waals surface area contributed by atoms with Crippen molar-refractivity contribution < 1.29 is 19.5 Å². The van der Waals surface area contributed by atoms with Crippen molar-refractivity contribution in [3.8, 4) is 0 Å². The summed E-state index contributed by atoms with van der Waals surface area (Å²) in [7, 11) is 1.68. The van der Waals surface area contributed by atoms with Gasteiger partial charge in [0.05, 0.1) is 12.6 Å². The number of rotatable bonds is 9. The Labute approximate surface area is 158 Å². The van der Waals surface area contributed by atoms with Crippen LogP contribution in [0.2, 0.25) is 5.02 Å². The number of carbonyl (C=O) groups is 3. The number of likely N-dealkylation sites (N-methyl/N-ethyl adjacent to an activating group) is 1. The van der Waals surface area contributed by atoms with E-state index in [-0.39, 0.29) is 37.5 Å². The van der Waals surface area contributed by atoms with Crippen molar-refractivity contribution in [2.75, 3.05) is 26.7 Å². The Kier molecular flexibility index (Phi) is 8.54. The van der Waals surface area contributed by atoms with Crippen LogP contribution in [0, 0.1) is 0 Å². The van der Waals surface area contributed by atoms with Gasteiger partial charge in [-0.1, -0.05) is 23.7 Å². The Morgan fingerprint density at radius 2 is 1.77 bits per heavy atom. The molecule has 8 heteroatoms. The molecule has 26 heavy (non-hydrogen) atoms. The number of carbonyl (C=O) groups excluding carboxylic acids is 2. The SMILES string of the molecule is CC(=O)NCCN(CC(=O)N(C)C(C)c1ccc(Cl)cc1)C(C)C(=O)O. The molecule has 0 aliphatic rings. The van der Waals surface area contributed by atoms with E-state index in [0.717, 1.165) is 5.56 Å². The smallest absolute Gasteiger partial charge is 0.320 e. The van der Waals surface area contributed by atoms with Gasteiger partial charge >= 0.3 is 5.97 Å². The largest absolute Gasteiger partial charge is 0.480 e. The van der Waals surface area contributed by atoms with Gasteiger partial charge in [0.15, 0.2) is 0 Å². The molecule has 2 amide bonds. The first-order valence-electron chi connectivity index (χ1n) is 8.36. The van der Waals surface area contributed by atoms with Crippen LogP contribution >= 0.6 is 11.6 Å². The lowest BCUT2D eigenvalue weighted by Gasteiger charge is -2.31. The third-order valence-electron chi connectivity index (χ3n) is 4.34. The van der Waals surface area contributed by atoms with E-state index in [0.29, 0.717) is 5.02 Å². The minimum Gasteiger partial charge on any atom is -0.480 e. The Hall–Kier alpha value is -2.12. The summed E-state index contributed by atoms with van der Waals surface area (Å²) in [5, 5.41) is 12.5. The summed E-state index contributed by atoms with van der Waals surface area (Å²) in [5.41, 5.74) is 0.932. The van der Waals surface area contributed by atoms with Gasteiger partial charge in [-0.15, -0.1) is 0 Å². The number of hydrogen-bond acceptors (Lipinski definition) is 4. The van der Waals surface area contributed by atoms with Crippen LogP contribution in [-0.2, 0) is 14.4 Å². The van der Waals surface area contributed by atoms with Crippen LogP contribution in [0.5, 0.6) is 0 Å². The highest BCUT2D eigenvalue weighted by Crippen LogP contribution is 2.21. The zero-order chi connectivity index (χ0) is 19.9. The average Bonchev–Trinajstić information content (AvgIpc) is 2.59. The monoisotopic (exact) mass is 383 g/mol. The van der Waals surface area contributed by atoms with Crippen LogP contribution in [0.15, 0.2) is 24.3 Å². The lowest BCUT2D eigenvalue weighted by molar-refractivity contribution is -0.144. The van der Waals surface area contributed by atoms with Gasteiger partial charge in [-0.2, -0.15) is 0 Å². The summed E-state index contributed by atoms with van der Waals surface area (Å²) in [6.45, 7) is 5.28. The van der Waals surface area contributed by atoms with Gasteiger partial charge in [-0.25, -0.2) is 0 Å². The summed E-state index contributed by atoms with van der Waals surface area (Å²) in [4.78, 5) is 38.1. The first-order valence-corrected chi connectivity index (χ1v) is 8.73. The Morgan fingerprint density at radius 1 is 1.19 bits per heavy atom. The minimum absolute atomic E-state index is 0.0541. The molecule has 0 heterocycles. The summed E-state index contributed by atoms with van der Waals surface area (Å²) in [6.07, 6.45) is 0. The molecule has 1 aromatic carbocycles. The summed E-state index contributed by atoms with van der Waals surface area (Å²) in [6, 6.07) is 6.20. The van der Waals surface area contributed by atoms with Gasteiger partial charge in [0, 0.05) is 32.1 Å². The fourth-order valence-corrected chi connectivity index (χ4v) is 2.53. The second kappa shape index (κ2) is 10.1. The third kappa shape index (κ3) is 6.65. The van der Waals surface area contributed by atoms with Crippen LogP contribution in [0.1, 0.15) is 32.4 Å². The Bertz CT molecular complexity index is 636. The van der Waals surface area contributed by atoms with Gasteiger partial charge in [0.2, 0.25) is 11.8 Å². The molecule has 2 N–H and O–H groups in total. The molecular weight excluding hydrogens is 358 g/mol. The Balaban J connectivity index is 2.77. The van der Waals surface area contributed by atoms with E-state index < -0.39 is 12.0 Å². The van der Waals surface area contributed by atoms with Crippen molar-refractivity contribution in [1.29, 1.82) is 0 Å². The standard InChI is InChI=1S/C18H26ClN3O4/c1-12(15-5-7-16(19)8-6-15)21(4)17(24)11-22(13(2)18(25)26)10-9-20-14(3)23/h5-8,12-13H,9-11H2,1-4H3,(H,20,23)(H,25,26). The molecule has 0 bridgehead atoms. The number of benzene rings is 1. The molecule has 0 saturated carbocycles. The number of carboxylic acid groups (broad SMARTS) is 1. The van der Waals surface area contributed by atoms with Crippen LogP contribution in [-0.4, -0.2) is 65.4 Å². The topological polar surface area (TPSA) is 90.0 Å². The lowest BCUT2D eigenvalue weighted by Crippen LogP contribution is -2.48. The molecule has 144 valence electrons. The van der Waals surface area contributed by atoms with Crippen molar-refractivity contribution >= 4 is 29.4 Å². The number of hydrogen-bond donors (Lipinski definition) is 2. The van der Waals surface area contributed by atoms with E-state index in [1.54, 1.807) is 24.1 Å². The van der Waals surface area contributed by atoms with Gasteiger partial charge in [-0.3, -0.25) is 19.3 Å². The fourth-order valence-electron chi connectivity index (χ4n) is 2.41. The molecule has 0 aliphatic heterocycles. The highest BCUT2D eigenvalue weighted by atomic mass is 35.5. The van der Waals surface area contributed by atoms with Crippen molar-refractivity contribution in [1.82, 2.24) is 15.1 Å². The maximum absolute atomic E-state index is 12.6. The zero-order valence-corrected chi connectivity index (χ0v) is 16.3. The van der Waals surface area contributed by atoms with Gasteiger partial charge in [0.25, 0.3) is 0 Å². The highest BCUT2D eigenvalue weighted by molar-refractivity contribution is 6.30. The number of nitrogens with one attached hydrogen (secondary N) is 1. The molecule has 0 radical (unpaired) electrons. The van der Waals surface area contributed by atoms with Crippen LogP contribution in [0.4, 0.5) is 0 Å². The summed E-state index contributed by atoms with van der Waals surface area (Å²) >= 11 is 5.89. The highest BCUT2D eigenvalue weighted by Gasteiger charge is 2.26.